The van der Waals surface area contributed by atoms with Crippen LogP contribution in [-0.4, -0.2) is 30.8 Å². The molecule has 0 rings (SSSR count). The molecule has 0 saturated heterocycles. The first-order valence-corrected chi connectivity index (χ1v) is 17.0. The van der Waals surface area contributed by atoms with Crippen molar-refractivity contribution in [2.45, 2.75) is 180 Å². The third-order valence-corrected chi connectivity index (χ3v) is 8.30. The van der Waals surface area contributed by atoms with Gasteiger partial charge in [0.2, 0.25) is 0 Å². The second-order valence-corrected chi connectivity index (χ2v) is 12.3. The molecule has 0 aromatic carbocycles. The van der Waals surface area contributed by atoms with Crippen LogP contribution in [0.1, 0.15) is 174 Å². The van der Waals surface area contributed by atoms with E-state index in [0.717, 1.165) is 38.5 Å². The van der Waals surface area contributed by atoms with Crippen LogP contribution in [0.2, 0.25) is 0 Å². The van der Waals surface area contributed by atoms with Crippen molar-refractivity contribution in [3.63, 3.8) is 0 Å². The Morgan fingerprint density at radius 2 is 0.865 bits per heavy atom. The number of carbonyl (C=O) groups excluding carboxylic acids is 1. The number of carbonyl (C=O) groups is 1. The number of esters is 1. The van der Waals surface area contributed by atoms with Crippen molar-refractivity contribution in [3.8, 4) is 0 Å². The summed E-state index contributed by atoms with van der Waals surface area (Å²) in [6.07, 6.45) is 28.7. The third-order valence-electron chi connectivity index (χ3n) is 7.17. The van der Waals surface area contributed by atoms with Gasteiger partial charge < -0.3 is 9.29 Å². The van der Waals surface area contributed by atoms with Crippen molar-refractivity contribution < 1.29 is 52.1 Å². The molecule has 0 heterocycles. The van der Waals surface area contributed by atoms with Crippen LogP contribution in [0.4, 0.5) is 0 Å². The van der Waals surface area contributed by atoms with Crippen LogP contribution < -0.4 is 29.6 Å². The molecule has 0 aromatic rings. The molecule has 0 saturated carbocycles. The number of ether oxygens (including phenoxy) is 1. The minimum Gasteiger partial charge on any atom is -0.747 e. The van der Waals surface area contributed by atoms with Crippen molar-refractivity contribution in [3.05, 3.63) is 0 Å². The standard InChI is InChI=1S/C30H60O5S.Na/c1-3-5-7-9-11-13-15-17-19-21-23-25-27-29(36(32,33)34)30(31)35-28-26-24-22-20-18-16-14-12-10-8-6-4-2;/h29H,3-28H2,1-2H3,(H,32,33,34);/q;+1/p-1. The average Bonchev–Trinajstić information content (AvgIpc) is 2.84. The maximum Gasteiger partial charge on any atom is 1.00 e. The average molecular weight is 555 g/mol. The van der Waals surface area contributed by atoms with Crippen LogP contribution in [0.3, 0.4) is 0 Å². The van der Waals surface area contributed by atoms with E-state index in [4.69, 9.17) is 4.74 Å². The largest absolute Gasteiger partial charge is 1.00 e. The van der Waals surface area contributed by atoms with Crippen molar-refractivity contribution in [1.82, 2.24) is 0 Å². The predicted octanol–water partition coefficient (Wildman–Crippen LogP) is 6.24. The van der Waals surface area contributed by atoms with Gasteiger partial charge in [-0.1, -0.05) is 162 Å². The quantitative estimate of drug-likeness (QED) is 0.0495. The summed E-state index contributed by atoms with van der Waals surface area (Å²) in [6, 6.07) is 0. The predicted molar refractivity (Wildman–Crippen MR) is 151 cm³/mol. The Hall–Kier alpha value is 0.380. The van der Waals surface area contributed by atoms with Gasteiger partial charge in [0.05, 0.1) is 6.61 Å². The van der Waals surface area contributed by atoms with Gasteiger partial charge in [-0.2, -0.15) is 0 Å². The summed E-state index contributed by atoms with van der Waals surface area (Å²) in [6.45, 7) is 4.68. The van der Waals surface area contributed by atoms with E-state index in [1.807, 2.05) is 0 Å². The Balaban J connectivity index is 0. The van der Waals surface area contributed by atoms with Crippen molar-refractivity contribution in [2.75, 3.05) is 6.61 Å². The summed E-state index contributed by atoms with van der Waals surface area (Å²) in [5.74, 6) is -0.851. The minimum atomic E-state index is -4.67. The van der Waals surface area contributed by atoms with E-state index in [1.54, 1.807) is 0 Å². The molecular weight excluding hydrogens is 495 g/mol. The van der Waals surface area contributed by atoms with Crippen LogP contribution in [-0.2, 0) is 19.6 Å². The molecule has 216 valence electrons. The number of rotatable bonds is 28. The van der Waals surface area contributed by atoms with E-state index < -0.39 is 21.3 Å². The van der Waals surface area contributed by atoms with Gasteiger partial charge in [0, 0.05) is 0 Å². The molecule has 0 bridgehead atoms. The molecule has 0 amide bonds. The van der Waals surface area contributed by atoms with Crippen LogP contribution in [0.25, 0.3) is 0 Å². The van der Waals surface area contributed by atoms with Crippen molar-refractivity contribution >= 4 is 16.1 Å². The molecule has 0 spiro atoms. The van der Waals surface area contributed by atoms with Gasteiger partial charge in [-0.3, -0.25) is 4.79 Å². The summed E-state index contributed by atoms with van der Waals surface area (Å²) in [4.78, 5) is 12.2. The van der Waals surface area contributed by atoms with Crippen molar-refractivity contribution in [1.29, 1.82) is 0 Å². The molecule has 1 unspecified atom stereocenters. The first-order chi connectivity index (χ1) is 17.4. The normalized spacial score (nSPS) is 12.3. The monoisotopic (exact) mass is 554 g/mol. The fourth-order valence-corrected chi connectivity index (χ4v) is 5.52. The fourth-order valence-electron chi connectivity index (χ4n) is 4.76. The molecule has 0 aliphatic heterocycles. The SMILES string of the molecule is CCCCCCCCCCCCCCOC(=O)C(CCCCCCCCCCCCCC)S(=O)(=O)[O-].[Na+]. The maximum absolute atomic E-state index is 12.2. The van der Waals surface area contributed by atoms with Crippen LogP contribution >= 0.6 is 0 Å². The number of hydrogen-bond acceptors (Lipinski definition) is 5. The summed E-state index contributed by atoms with van der Waals surface area (Å²) < 4.78 is 39.9. The molecule has 0 radical (unpaired) electrons. The summed E-state index contributed by atoms with van der Waals surface area (Å²) >= 11 is 0. The molecule has 0 aliphatic rings. The van der Waals surface area contributed by atoms with Gasteiger partial charge in [-0.05, 0) is 12.8 Å². The summed E-state index contributed by atoms with van der Waals surface area (Å²) in [5, 5.41) is -1.54. The number of hydrogen-bond donors (Lipinski definition) is 0. The first kappa shape index (κ1) is 39.5. The molecular formula is C30H59NaO5S. The van der Waals surface area contributed by atoms with Crippen molar-refractivity contribution in [2.24, 2.45) is 0 Å². The smallest absolute Gasteiger partial charge is 0.747 e. The van der Waals surface area contributed by atoms with Gasteiger partial charge in [0.1, 0.15) is 15.4 Å². The molecule has 0 aliphatic carbocycles. The topological polar surface area (TPSA) is 83.5 Å². The Morgan fingerprint density at radius 3 is 1.19 bits per heavy atom. The Kier molecular flexibility index (Phi) is 31.4. The first-order valence-electron chi connectivity index (χ1n) is 15.5. The number of unbranched alkanes of at least 4 members (excludes halogenated alkanes) is 22. The second-order valence-electron chi connectivity index (χ2n) is 10.7. The fraction of sp³-hybridized carbons (Fsp3) is 0.967. The minimum absolute atomic E-state index is 0. The van der Waals surface area contributed by atoms with Gasteiger partial charge in [-0.15, -0.1) is 0 Å². The van der Waals surface area contributed by atoms with Crippen LogP contribution in [0, 0.1) is 0 Å². The Bertz CT molecular complexity index is 583. The van der Waals surface area contributed by atoms with E-state index >= 15 is 0 Å². The molecule has 7 heteroatoms. The molecule has 0 aromatic heterocycles. The van der Waals surface area contributed by atoms with E-state index in [0.29, 0.717) is 6.42 Å². The third kappa shape index (κ3) is 27.7. The zero-order valence-electron chi connectivity index (χ0n) is 24.9. The van der Waals surface area contributed by atoms with E-state index in [2.05, 4.69) is 13.8 Å². The van der Waals surface area contributed by atoms with Gasteiger partial charge in [0.15, 0.2) is 0 Å². The zero-order chi connectivity index (χ0) is 26.7. The Labute approximate surface area is 253 Å². The second kappa shape index (κ2) is 29.4. The van der Waals surface area contributed by atoms with Crippen LogP contribution in [0.5, 0.6) is 0 Å². The van der Waals surface area contributed by atoms with E-state index in [1.165, 1.54) is 109 Å². The Morgan fingerprint density at radius 1 is 0.568 bits per heavy atom. The maximum atomic E-state index is 12.2. The summed E-state index contributed by atoms with van der Waals surface area (Å²) in [7, 11) is -4.67. The molecule has 0 N–H and O–H groups in total. The van der Waals surface area contributed by atoms with Gasteiger partial charge in [0.25, 0.3) is 0 Å². The summed E-state index contributed by atoms with van der Waals surface area (Å²) in [5.41, 5.74) is 0. The van der Waals surface area contributed by atoms with Gasteiger partial charge in [-0.25, -0.2) is 8.42 Å². The van der Waals surface area contributed by atoms with Gasteiger partial charge >= 0.3 is 35.5 Å². The molecule has 5 nitrogen and oxygen atoms in total. The van der Waals surface area contributed by atoms with E-state index in [9.17, 15) is 17.8 Å². The molecule has 0 fully saturated rings. The molecule has 37 heavy (non-hydrogen) atoms. The zero-order valence-corrected chi connectivity index (χ0v) is 27.7. The molecule has 1 atom stereocenters. The van der Waals surface area contributed by atoms with Crippen LogP contribution in [0.15, 0.2) is 0 Å². The van der Waals surface area contributed by atoms with E-state index in [-0.39, 0.29) is 42.6 Å².